The lowest BCUT2D eigenvalue weighted by Gasteiger charge is -2.34. The minimum absolute atomic E-state index is 0.0136. The molecule has 0 saturated carbocycles. The van der Waals surface area contributed by atoms with E-state index in [1.165, 1.54) is 4.88 Å². The van der Waals surface area contributed by atoms with Gasteiger partial charge in [0.05, 0.1) is 18.6 Å². The second-order valence-electron chi connectivity index (χ2n) is 5.86. The van der Waals surface area contributed by atoms with Crippen molar-refractivity contribution in [2.75, 3.05) is 26.2 Å². The highest BCUT2D eigenvalue weighted by Crippen LogP contribution is 2.20. The predicted octanol–water partition coefficient (Wildman–Crippen LogP) is 2.07. The number of rotatable bonds is 7. The zero-order valence-electron chi connectivity index (χ0n) is 13.9. The Balaban J connectivity index is 1.70. The molecule has 1 unspecified atom stereocenters. The van der Waals surface area contributed by atoms with Crippen molar-refractivity contribution in [1.82, 2.24) is 10.2 Å². The van der Waals surface area contributed by atoms with Gasteiger partial charge in [-0.05, 0) is 57.6 Å². The van der Waals surface area contributed by atoms with Crippen molar-refractivity contribution in [3.63, 3.8) is 0 Å². The highest BCUT2D eigenvalue weighted by atomic mass is 32.1. The highest BCUT2D eigenvalue weighted by molar-refractivity contribution is 7.09. The third-order valence-electron chi connectivity index (χ3n) is 4.33. The zero-order chi connectivity index (χ0) is 16.7. The third kappa shape index (κ3) is 5.32. The van der Waals surface area contributed by atoms with E-state index in [4.69, 9.17) is 4.74 Å². The molecule has 2 heterocycles. The Morgan fingerprint density at radius 2 is 2.17 bits per heavy atom. The Kier molecular flexibility index (Phi) is 7.05. The van der Waals surface area contributed by atoms with E-state index in [0.717, 1.165) is 32.4 Å². The molecule has 0 aliphatic carbocycles. The Hall–Kier alpha value is -1.40. The number of esters is 1. The summed E-state index contributed by atoms with van der Waals surface area (Å²) in [6.07, 6.45) is 2.42. The van der Waals surface area contributed by atoms with E-state index in [9.17, 15) is 9.59 Å². The molecular weight excluding hydrogens is 312 g/mol. The lowest BCUT2D eigenvalue weighted by Crippen LogP contribution is -2.49. The topological polar surface area (TPSA) is 58.6 Å². The number of nitrogens with zero attached hydrogens (tertiary/aromatic N) is 1. The van der Waals surface area contributed by atoms with Crippen LogP contribution in [0.4, 0.5) is 0 Å². The van der Waals surface area contributed by atoms with Gasteiger partial charge in [0.1, 0.15) is 0 Å². The molecule has 1 aromatic heterocycles. The van der Waals surface area contributed by atoms with Gasteiger partial charge >= 0.3 is 5.97 Å². The number of hydrogen-bond donors (Lipinski definition) is 1. The first-order chi connectivity index (χ1) is 11.1. The zero-order valence-corrected chi connectivity index (χ0v) is 14.7. The number of piperidine rings is 1. The summed E-state index contributed by atoms with van der Waals surface area (Å²) in [4.78, 5) is 27.4. The van der Waals surface area contributed by atoms with Gasteiger partial charge in [0.2, 0.25) is 5.91 Å². The molecule has 1 aliphatic heterocycles. The molecule has 1 aliphatic rings. The molecule has 23 heavy (non-hydrogen) atoms. The first-order valence-corrected chi connectivity index (χ1v) is 9.20. The van der Waals surface area contributed by atoms with Crippen LogP contribution in [-0.4, -0.2) is 49.1 Å². The molecule has 1 amide bonds. The average Bonchev–Trinajstić information content (AvgIpc) is 3.08. The van der Waals surface area contributed by atoms with Crippen LogP contribution in [0.15, 0.2) is 17.5 Å². The van der Waals surface area contributed by atoms with Crippen molar-refractivity contribution in [2.45, 2.75) is 39.2 Å². The number of thiophene rings is 1. The summed E-state index contributed by atoms with van der Waals surface area (Å²) in [6, 6.07) is 3.96. The minimum Gasteiger partial charge on any atom is -0.466 e. The highest BCUT2D eigenvalue weighted by Gasteiger charge is 2.30. The molecule has 0 aromatic carbocycles. The number of ether oxygens (including phenoxy) is 1. The van der Waals surface area contributed by atoms with E-state index in [0.29, 0.717) is 13.2 Å². The first kappa shape index (κ1) is 17.9. The molecule has 1 fully saturated rings. The van der Waals surface area contributed by atoms with Crippen LogP contribution in [0.1, 0.15) is 31.6 Å². The summed E-state index contributed by atoms with van der Waals surface area (Å²) in [7, 11) is 0. The summed E-state index contributed by atoms with van der Waals surface area (Å²) in [6.45, 7) is 6.40. The van der Waals surface area contributed by atoms with Crippen molar-refractivity contribution in [1.29, 1.82) is 0 Å². The van der Waals surface area contributed by atoms with E-state index in [1.54, 1.807) is 11.3 Å². The van der Waals surface area contributed by atoms with Crippen molar-refractivity contribution < 1.29 is 14.3 Å². The fourth-order valence-corrected chi connectivity index (χ4v) is 3.57. The number of hydrogen-bond acceptors (Lipinski definition) is 5. The van der Waals surface area contributed by atoms with Crippen LogP contribution < -0.4 is 5.32 Å². The normalized spacial score (nSPS) is 17.7. The van der Waals surface area contributed by atoms with Gasteiger partial charge in [-0.2, -0.15) is 0 Å². The molecule has 1 atom stereocenters. The maximum absolute atomic E-state index is 12.2. The second-order valence-corrected chi connectivity index (χ2v) is 6.89. The molecule has 1 aromatic rings. The molecule has 0 bridgehead atoms. The van der Waals surface area contributed by atoms with E-state index in [1.807, 2.05) is 25.3 Å². The number of carbonyl (C=O) groups excluding carboxylic acids is 2. The molecule has 128 valence electrons. The molecule has 6 heteroatoms. The largest absolute Gasteiger partial charge is 0.466 e. The monoisotopic (exact) mass is 338 g/mol. The molecule has 0 radical (unpaired) electrons. The SMILES string of the molecule is CCOC(=O)C1CCN(C(C)C(=O)NCCc2cccs2)CC1. The Labute approximate surface area is 142 Å². The molecular formula is C17H26N2O3S. The number of amides is 1. The maximum atomic E-state index is 12.2. The first-order valence-electron chi connectivity index (χ1n) is 8.32. The fraction of sp³-hybridized carbons (Fsp3) is 0.647. The van der Waals surface area contributed by atoms with Gasteiger partial charge in [-0.1, -0.05) is 6.07 Å². The fourth-order valence-electron chi connectivity index (χ4n) is 2.86. The van der Waals surface area contributed by atoms with Crippen molar-refractivity contribution in [3.8, 4) is 0 Å². The average molecular weight is 338 g/mol. The predicted molar refractivity (Wildman–Crippen MR) is 91.4 cm³/mol. The van der Waals surface area contributed by atoms with Crippen LogP contribution in [0.3, 0.4) is 0 Å². The maximum Gasteiger partial charge on any atom is 0.309 e. The van der Waals surface area contributed by atoms with Crippen LogP contribution in [-0.2, 0) is 20.7 Å². The number of likely N-dealkylation sites (tertiary alicyclic amines) is 1. The van der Waals surface area contributed by atoms with Crippen molar-refractivity contribution >= 4 is 23.2 Å². The van der Waals surface area contributed by atoms with Gasteiger partial charge in [0.25, 0.3) is 0 Å². The van der Waals surface area contributed by atoms with E-state index < -0.39 is 0 Å². The van der Waals surface area contributed by atoms with E-state index >= 15 is 0 Å². The summed E-state index contributed by atoms with van der Waals surface area (Å²) in [5.74, 6) is -0.0448. The van der Waals surface area contributed by atoms with Crippen LogP contribution in [0.2, 0.25) is 0 Å². The van der Waals surface area contributed by atoms with Crippen LogP contribution in [0.25, 0.3) is 0 Å². The van der Waals surface area contributed by atoms with Crippen LogP contribution in [0, 0.1) is 5.92 Å². The quantitative estimate of drug-likeness (QED) is 0.773. The summed E-state index contributed by atoms with van der Waals surface area (Å²) < 4.78 is 5.08. The molecule has 2 rings (SSSR count). The molecule has 5 nitrogen and oxygen atoms in total. The summed E-state index contributed by atoms with van der Waals surface area (Å²) in [5.41, 5.74) is 0. The van der Waals surface area contributed by atoms with E-state index in [-0.39, 0.29) is 23.8 Å². The van der Waals surface area contributed by atoms with Crippen molar-refractivity contribution in [2.24, 2.45) is 5.92 Å². The van der Waals surface area contributed by atoms with Gasteiger partial charge in [-0.15, -0.1) is 11.3 Å². The lowest BCUT2D eigenvalue weighted by molar-refractivity contribution is -0.149. The minimum atomic E-state index is -0.151. The van der Waals surface area contributed by atoms with Gasteiger partial charge in [0, 0.05) is 11.4 Å². The van der Waals surface area contributed by atoms with Crippen molar-refractivity contribution in [3.05, 3.63) is 22.4 Å². The number of carbonyl (C=O) groups is 2. The van der Waals surface area contributed by atoms with Gasteiger partial charge in [-0.25, -0.2) is 0 Å². The third-order valence-corrected chi connectivity index (χ3v) is 5.26. The summed E-state index contributed by atoms with van der Waals surface area (Å²) in [5, 5.41) is 5.06. The smallest absolute Gasteiger partial charge is 0.309 e. The van der Waals surface area contributed by atoms with E-state index in [2.05, 4.69) is 16.3 Å². The Bertz CT molecular complexity index is 496. The van der Waals surface area contributed by atoms with Crippen LogP contribution >= 0.6 is 11.3 Å². The Morgan fingerprint density at radius 1 is 1.43 bits per heavy atom. The van der Waals surface area contributed by atoms with Gasteiger partial charge in [-0.3, -0.25) is 14.5 Å². The number of nitrogens with one attached hydrogen (secondary N) is 1. The molecule has 1 saturated heterocycles. The Morgan fingerprint density at radius 3 is 2.78 bits per heavy atom. The standard InChI is InChI=1S/C17H26N2O3S/c1-3-22-17(21)14-7-10-19(11-8-14)13(2)16(20)18-9-6-15-5-4-12-23-15/h4-5,12-14H,3,6-11H2,1-2H3,(H,18,20). The molecule has 0 spiro atoms. The summed E-state index contributed by atoms with van der Waals surface area (Å²) >= 11 is 1.71. The second kappa shape index (κ2) is 9.03. The lowest BCUT2D eigenvalue weighted by atomic mass is 9.96. The van der Waals surface area contributed by atoms with Gasteiger partial charge in [0.15, 0.2) is 0 Å². The molecule has 1 N–H and O–H groups in total. The van der Waals surface area contributed by atoms with Crippen LogP contribution in [0.5, 0.6) is 0 Å². The van der Waals surface area contributed by atoms with Gasteiger partial charge < -0.3 is 10.1 Å².